The van der Waals surface area contributed by atoms with Gasteiger partial charge in [-0.2, -0.15) is 0 Å². The van der Waals surface area contributed by atoms with E-state index in [1.807, 2.05) is 7.11 Å². The van der Waals surface area contributed by atoms with Gasteiger partial charge in [-0.1, -0.05) is 0 Å². The standard InChI is InChI=1S/C13H26N2O2/c1-11-12(4-9-17-11)15(2)10-13(16-3)5-7-14-8-6-13/h11-12,14H,4-10H2,1-3H3. The molecule has 17 heavy (non-hydrogen) atoms. The van der Waals surface area contributed by atoms with Crippen molar-refractivity contribution in [3.63, 3.8) is 0 Å². The second-order valence-electron chi connectivity index (χ2n) is 5.48. The summed E-state index contributed by atoms with van der Waals surface area (Å²) in [5.74, 6) is 0. The van der Waals surface area contributed by atoms with Crippen LogP contribution in [-0.4, -0.2) is 63.0 Å². The Labute approximate surface area is 105 Å². The molecule has 2 aliphatic heterocycles. The van der Waals surface area contributed by atoms with Crippen molar-refractivity contribution in [3.8, 4) is 0 Å². The molecule has 4 nitrogen and oxygen atoms in total. The molecule has 0 radical (unpaired) electrons. The van der Waals surface area contributed by atoms with E-state index in [9.17, 15) is 0 Å². The van der Waals surface area contributed by atoms with Crippen molar-refractivity contribution in [2.45, 2.75) is 43.9 Å². The zero-order valence-corrected chi connectivity index (χ0v) is 11.4. The molecular formula is C13H26N2O2. The van der Waals surface area contributed by atoms with Gasteiger partial charge in [-0.05, 0) is 46.3 Å². The van der Waals surface area contributed by atoms with E-state index in [1.54, 1.807) is 0 Å². The summed E-state index contributed by atoms with van der Waals surface area (Å²) in [6.45, 7) is 6.23. The van der Waals surface area contributed by atoms with Crippen LogP contribution in [0.3, 0.4) is 0 Å². The van der Waals surface area contributed by atoms with E-state index in [4.69, 9.17) is 9.47 Å². The molecule has 0 aromatic carbocycles. The lowest BCUT2D eigenvalue weighted by Gasteiger charge is -2.41. The number of piperidine rings is 1. The number of likely N-dealkylation sites (N-methyl/N-ethyl adjacent to an activating group) is 1. The lowest BCUT2D eigenvalue weighted by atomic mass is 9.90. The Morgan fingerprint density at radius 1 is 1.41 bits per heavy atom. The Kier molecular flexibility index (Phi) is 4.42. The molecule has 2 unspecified atom stereocenters. The van der Waals surface area contributed by atoms with Gasteiger partial charge in [0, 0.05) is 26.3 Å². The highest BCUT2D eigenvalue weighted by Gasteiger charge is 2.37. The van der Waals surface area contributed by atoms with Crippen LogP contribution in [-0.2, 0) is 9.47 Å². The largest absolute Gasteiger partial charge is 0.377 e. The van der Waals surface area contributed by atoms with Crippen molar-refractivity contribution in [1.82, 2.24) is 10.2 Å². The number of nitrogens with one attached hydrogen (secondary N) is 1. The van der Waals surface area contributed by atoms with Gasteiger partial charge in [0.25, 0.3) is 0 Å². The van der Waals surface area contributed by atoms with Crippen LogP contribution in [0.4, 0.5) is 0 Å². The lowest BCUT2D eigenvalue weighted by Crippen LogP contribution is -2.53. The molecule has 2 atom stereocenters. The van der Waals surface area contributed by atoms with Crippen molar-refractivity contribution >= 4 is 0 Å². The predicted octanol–water partition coefficient (Wildman–Crippen LogP) is 0.864. The topological polar surface area (TPSA) is 33.7 Å². The SMILES string of the molecule is COC1(CN(C)C2CCOC2C)CCNCC1. The maximum atomic E-state index is 5.82. The van der Waals surface area contributed by atoms with E-state index in [0.29, 0.717) is 12.1 Å². The third-order valence-corrected chi connectivity index (χ3v) is 4.39. The van der Waals surface area contributed by atoms with Gasteiger partial charge in [-0.15, -0.1) is 0 Å². The first-order chi connectivity index (χ1) is 8.17. The molecular weight excluding hydrogens is 216 g/mol. The van der Waals surface area contributed by atoms with Gasteiger partial charge in [-0.25, -0.2) is 0 Å². The fourth-order valence-electron chi connectivity index (χ4n) is 3.18. The van der Waals surface area contributed by atoms with Crippen LogP contribution >= 0.6 is 0 Å². The molecule has 4 heteroatoms. The van der Waals surface area contributed by atoms with E-state index < -0.39 is 0 Å². The van der Waals surface area contributed by atoms with E-state index in [2.05, 4.69) is 24.2 Å². The molecule has 0 aromatic heterocycles. The molecule has 2 rings (SSSR count). The normalized spacial score (nSPS) is 33.2. The maximum Gasteiger partial charge on any atom is 0.0829 e. The highest BCUT2D eigenvalue weighted by atomic mass is 16.5. The van der Waals surface area contributed by atoms with Crippen LogP contribution in [0, 0.1) is 0 Å². The van der Waals surface area contributed by atoms with E-state index in [0.717, 1.165) is 45.5 Å². The summed E-state index contributed by atoms with van der Waals surface area (Å²) in [4.78, 5) is 2.44. The number of hydrogen-bond donors (Lipinski definition) is 1. The van der Waals surface area contributed by atoms with Gasteiger partial charge < -0.3 is 14.8 Å². The van der Waals surface area contributed by atoms with Crippen molar-refractivity contribution in [2.24, 2.45) is 0 Å². The fourth-order valence-corrected chi connectivity index (χ4v) is 3.18. The Morgan fingerprint density at radius 2 is 2.12 bits per heavy atom. The Morgan fingerprint density at radius 3 is 2.65 bits per heavy atom. The number of methoxy groups -OCH3 is 1. The third kappa shape index (κ3) is 2.99. The molecule has 2 fully saturated rings. The van der Waals surface area contributed by atoms with Crippen molar-refractivity contribution in [2.75, 3.05) is 40.4 Å². The molecule has 0 amide bonds. The van der Waals surface area contributed by atoms with Crippen molar-refractivity contribution < 1.29 is 9.47 Å². The quantitative estimate of drug-likeness (QED) is 0.793. The van der Waals surface area contributed by atoms with Crippen LogP contribution in [0.5, 0.6) is 0 Å². The molecule has 0 spiro atoms. The first kappa shape index (κ1) is 13.3. The Bertz CT molecular complexity index is 242. The minimum Gasteiger partial charge on any atom is -0.377 e. The summed E-state index contributed by atoms with van der Waals surface area (Å²) in [5.41, 5.74) is 0.0440. The Balaban J connectivity index is 1.93. The number of ether oxygens (including phenoxy) is 2. The van der Waals surface area contributed by atoms with Gasteiger partial charge in [0.2, 0.25) is 0 Å². The molecule has 2 saturated heterocycles. The van der Waals surface area contributed by atoms with Crippen LogP contribution in [0.15, 0.2) is 0 Å². The van der Waals surface area contributed by atoms with E-state index >= 15 is 0 Å². The van der Waals surface area contributed by atoms with Crippen LogP contribution in [0.25, 0.3) is 0 Å². The zero-order valence-electron chi connectivity index (χ0n) is 11.4. The number of hydrogen-bond acceptors (Lipinski definition) is 4. The van der Waals surface area contributed by atoms with Gasteiger partial charge in [-0.3, -0.25) is 4.90 Å². The Hall–Kier alpha value is -0.160. The summed E-state index contributed by atoms with van der Waals surface area (Å²) < 4.78 is 11.5. The molecule has 0 aromatic rings. The monoisotopic (exact) mass is 242 g/mol. The molecule has 1 N–H and O–H groups in total. The predicted molar refractivity (Wildman–Crippen MR) is 68.3 cm³/mol. The summed E-state index contributed by atoms with van der Waals surface area (Å²) in [6, 6.07) is 0.553. The van der Waals surface area contributed by atoms with E-state index in [1.165, 1.54) is 0 Å². The highest BCUT2D eigenvalue weighted by molar-refractivity contribution is 4.91. The first-order valence-corrected chi connectivity index (χ1v) is 6.75. The minimum absolute atomic E-state index is 0.0440. The molecule has 2 aliphatic rings. The summed E-state index contributed by atoms with van der Waals surface area (Å²) in [5, 5.41) is 3.40. The number of rotatable bonds is 4. The molecule has 0 saturated carbocycles. The number of nitrogens with zero attached hydrogens (tertiary/aromatic N) is 1. The van der Waals surface area contributed by atoms with Gasteiger partial charge in [0.15, 0.2) is 0 Å². The summed E-state index contributed by atoms with van der Waals surface area (Å²) in [6.07, 6.45) is 3.72. The lowest BCUT2D eigenvalue weighted by molar-refractivity contribution is -0.0632. The van der Waals surface area contributed by atoms with Gasteiger partial charge in [0.05, 0.1) is 11.7 Å². The summed E-state index contributed by atoms with van der Waals surface area (Å²) in [7, 11) is 4.06. The second kappa shape index (κ2) is 5.65. The van der Waals surface area contributed by atoms with Crippen molar-refractivity contribution in [3.05, 3.63) is 0 Å². The minimum atomic E-state index is 0.0440. The second-order valence-corrected chi connectivity index (χ2v) is 5.48. The fraction of sp³-hybridized carbons (Fsp3) is 1.00. The molecule has 100 valence electrons. The van der Waals surface area contributed by atoms with Crippen molar-refractivity contribution in [1.29, 1.82) is 0 Å². The molecule has 2 heterocycles. The molecule has 0 aliphatic carbocycles. The maximum absolute atomic E-state index is 5.82. The smallest absolute Gasteiger partial charge is 0.0829 e. The van der Waals surface area contributed by atoms with Crippen LogP contribution in [0.2, 0.25) is 0 Å². The van der Waals surface area contributed by atoms with E-state index in [-0.39, 0.29) is 5.60 Å². The average Bonchev–Trinajstić information content (AvgIpc) is 2.77. The average molecular weight is 242 g/mol. The first-order valence-electron chi connectivity index (χ1n) is 6.75. The highest BCUT2D eigenvalue weighted by Crippen LogP contribution is 2.26. The zero-order chi connectivity index (χ0) is 12.3. The van der Waals surface area contributed by atoms with Crippen LogP contribution < -0.4 is 5.32 Å². The van der Waals surface area contributed by atoms with Gasteiger partial charge in [0.1, 0.15) is 0 Å². The molecule has 0 bridgehead atoms. The van der Waals surface area contributed by atoms with Gasteiger partial charge >= 0.3 is 0 Å². The third-order valence-electron chi connectivity index (χ3n) is 4.39. The summed E-state index contributed by atoms with van der Waals surface area (Å²) >= 11 is 0. The van der Waals surface area contributed by atoms with Crippen LogP contribution in [0.1, 0.15) is 26.2 Å².